The minimum Gasteiger partial charge on any atom is -0.508 e. The molecule has 0 bridgehead atoms. The molecule has 0 saturated carbocycles. The van der Waals surface area contributed by atoms with Crippen molar-refractivity contribution in [3.05, 3.63) is 71.4 Å². The van der Waals surface area contributed by atoms with Crippen LogP contribution in [0, 0.1) is 0 Å². The van der Waals surface area contributed by atoms with Crippen LogP contribution < -0.4 is 10.6 Å². The molecule has 1 aliphatic heterocycles. The fourth-order valence-electron chi connectivity index (χ4n) is 4.53. The standard InChI is InChI=1S/C28H37N5O/c1-19(2)25-15-22(8-9-27(25)34)10-12-29-28-30-13-11-26(32-28)24-7-5-6-23(14-24)18-33-17-20(3)31-16-21(33)4/h5-9,11,13-15,19-21,31,34H,10,12,16-18H2,1-4H3,(H,29,30,32)/t20?,21-/m0/s1. The van der Waals surface area contributed by atoms with E-state index in [4.69, 9.17) is 4.98 Å². The van der Waals surface area contributed by atoms with Crippen LogP contribution >= 0.6 is 0 Å². The van der Waals surface area contributed by atoms with Gasteiger partial charge in [0.2, 0.25) is 5.95 Å². The highest BCUT2D eigenvalue weighted by Crippen LogP contribution is 2.26. The number of phenolic OH excluding ortho intramolecular Hbond substituents is 1. The molecule has 4 rings (SSSR count). The van der Waals surface area contributed by atoms with Gasteiger partial charge in [-0.3, -0.25) is 4.90 Å². The topological polar surface area (TPSA) is 73.3 Å². The van der Waals surface area contributed by atoms with E-state index in [1.165, 1.54) is 11.1 Å². The Morgan fingerprint density at radius 3 is 2.79 bits per heavy atom. The summed E-state index contributed by atoms with van der Waals surface area (Å²) in [6.07, 6.45) is 2.65. The van der Waals surface area contributed by atoms with E-state index in [1.807, 2.05) is 18.3 Å². The van der Waals surface area contributed by atoms with Gasteiger partial charge in [0.15, 0.2) is 0 Å². The Bertz CT molecular complexity index is 1100. The average molecular weight is 460 g/mol. The number of rotatable bonds is 8. The first-order valence-electron chi connectivity index (χ1n) is 12.3. The van der Waals surface area contributed by atoms with Crippen LogP contribution in [0.25, 0.3) is 11.3 Å². The Balaban J connectivity index is 1.40. The maximum atomic E-state index is 10.0. The van der Waals surface area contributed by atoms with Crippen LogP contribution in [0.5, 0.6) is 5.75 Å². The molecule has 180 valence electrons. The second-order valence-corrected chi connectivity index (χ2v) is 9.78. The highest BCUT2D eigenvalue weighted by atomic mass is 16.3. The summed E-state index contributed by atoms with van der Waals surface area (Å²) in [6.45, 7) is 12.5. The van der Waals surface area contributed by atoms with Gasteiger partial charge < -0.3 is 15.7 Å². The summed E-state index contributed by atoms with van der Waals surface area (Å²) in [7, 11) is 0. The molecular formula is C28H37N5O. The molecule has 2 heterocycles. The van der Waals surface area contributed by atoms with Crippen molar-refractivity contribution < 1.29 is 5.11 Å². The Labute approximate surface area is 203 Å². The number of nitrogens with one attached hydrogen (secondary N) is 2. The van der Waals surface area contributed by atoms with Crippen LogP contribution in [0.3, 0.4) is 0 Å². The number of nitrogens with zero attached hydrogens (tertiary/aromatic N) is 3. The van der Waals surface area contributed by atoms with Crippen molar-refractivity contribution in [1.82, 2.24) is 20.2 Å². The molecule has 34 heavy (non-hydrogen) atoms. The monoisotopic (exact) mass is 459 g/mol. The second kappa shape index (κ2) is 11.0. The molecule has 1 aliphatic rings. The van der Waals surface area contributed by atoms with Crippen LogP contribution in [0.15, 0.2) is 54.7 Å². The van der Waals surface area contributed by atoms with E-state index in [0.717, 1.165) is 49.4 Å². The van der Waals surface area contributed by atoms with E-state index in [-0.39, 0.29) is 0 Å². The van der Waals surface area contributed by atoms with E-state index >= 15 is 0 Å². The predicted octanol–water partition coefficient (Wildman–Crippen LogP) is 4.81. The lowest BCUT2D eigenvalue weighted by atomic mass is 9.98. The van der Waals surface area contributed by atoms with Crippen LogP contribution in [0.1, 0.15) is 50.3 Å². The number of anilines is 1. The number of aromatic nitrogens is 2. The Morgan fingerprint density at radius 1 is 1.12 bits per heavy atom. The molecule has 1 saturated heterocycles. The first-order chi connectivity index (χ1) is 16.4. The molecule has 1 unspecified atom stereocenters. The highest BCUT2D eigenvalue weighted by molar-refractivity contribution is 5.61. The van der Waals surface area contributed by atoms with E-state index in [9.17, 15) is 5.11 Å². The van der Waals surface area contributed by atoms with Gasteiger partial charge in [0, 0.05) is 50.0 Å². The molecule has 6 nitrogen and oxygen atoms in total. The van der Waals surface area contributed by atoms with Crippen LogP contribution in [0.4, 0.5) is 5.95 Å². The van der Waals surface area contributed by atoms with E-state index in [1.54, 1.807) is 6.07 Å². The maximum Gasteiger partial charge on any atom is 0.223 e. The van der Waals surface area contributed by atoms with Gasteiger partial charge in [-0.2, -0.15) is 0 Å². The van der Waals surface area contributed by atoms with Crippen molar-refractivity contribution >= 4 is 5.95 Å². The normalized spacial score (nSPS) is 18.9. The van der Waals surface area contributed by atoms with Gasteiger partial charge >= 0.3 is 0 Å². The van der Waals surface area contributed by atoms with E-state index in [2.05, 4.69) is 78.5 Å². The second-order valence-electron chi connectivity index (χ2n) is 9.78. The summed E-state index contributed by atoms with van der Waals surface area (Å²) >= 11 is 0. The molecule has 3 N–H and O–H groups in total. The van der Waals surface area contributed by atoms with Crippen molar-refractivity contribution in [3.63, 3.8) is 0 Å². The Morgan fingerprint density at radius 2 is 1.97 bits per heavy atom. The third-order valence-corrected chi connectivity index (χ3v) is 6.57. The van der Waals surface area contributed by atoms with Crippen molar-refractivity contribution in [1.29, 1.82) is 0 Å². The first kappa shape index (κ1) is 24.2. The quantitative estimate of drug-likeness (QED) is 0.449. The largest absolute Gasteiger partial charge is 0.508 e. The number of aromatic hydroxyl groups is 1. The van der Waals surface area contributed by atoms with Gasteiger partial charge in [0.25, 0.3) is 0 Å². The number of benzene rings is 2. The third kappa shape index (κ3) is 6.13. The summed E-state index contributed by atoms with van der Waals surface area (Å²) in [5.41, 5.74) is 5.51. The maximum absolute atomic E-state index is 10.0. The van der Waals surface area contributed by atoms with Crippen molar-refractivity contribution in [2.24, 2.45) is 0 Å². The molecule has 6 heteroatoms. The van der Waals surface area contributed by atoms with Crippen molar-refractivity contribution in [2.75, 3.05) is 25.0 Å². The van der Waals surface area contributed by atoms with Gasteiger partial charge in [0.05, 0.1) is 5.69 Å². The smallest absolute Gasteiger partial charge is 0.223 e. The number of hydrogen-bond acceptors (Lipinski definition) is 6. The lowest BCUT2D eigenvalue weighted by Gasteiger charge is -2.37. The van der Waals surface area contributed by atoms with Crippen molar-refractivity contribution in [2.45, 2.75) is 58.7 Å². The Hall–Kier alpha value is -2.96. The fourth-order valence-corrected chi connectivity index (χ4v) is 4.53. The molecule has 0 spiro atoms. The summed E-state index contributed by atoms with van der Waals surface area (Å²) in [5.74, 6) is 1.29. The molecule has 0 amide bonds. The predicted molar refractivity (Wildman–Crippen MR) is 139 cm³/mol. The molecule has 3 aromatic rings. The third-order valence-electron chi connectivity index (χ3n) is 6.57. The summed E-state index contributed by atoms with van der Waals surface area (Å²) < 4.78 is 0. The minimum absolute atomic E-state index is 0.293. The number of hydrogen-bond donors (Lipinski definition) is 3. The van der Waals surface area contributed by atoms with E-state index in [0.29, 0.717) is 29.7 Å². The lowest BCUT2D eigenvalue weighted by Crippen LogP contribution is -2.53. The molecule has 0 aliphatic carbocycles. The van der Waals surface area contributed by atoms with Gasteiger partial charge in [-0.05, 0) is 61.1 Å². The van der Waals surface area contributed by atoms with Crippen LogP contribution in [-0.2, 0) is 13.0 Å². The zero-order chi connectivity index (χ0) is 24.1. The lowest BCUT2D eigenvalue weighted by molar-refractivity contribution is 0.139. The first-order valence-corrected chi connectivity index (χ1v) is 12.3. The molecule has 1 aromatic heterocycles. The summed E-state index contributed by atoms with van der Waals surface area (Å²) in [5, 5.41) is 17.0. The number of piperazine rings is 1. The Kier molecular flexibility index (Phi) is 7.80. The zero-order valence-electron chi connectivity index (χ0n) is 20.8. The van der Waals surface area contributed by atoms with Crippen molar-refractivity contribution in [3.8, 4) is 17.0 Å². The SMILES string of the molecule is CC1CN(Cc2cccc(-c3ccnc(NCCc4ccc(O)c(C(C)C)c4)n3)c2)[C@@H](C)CN1. The van der Waals surface area contributed by atoms with Gasteiger partial charge in [0.1, 0.15) is 5.75 Å². The van der Waals surface area contributed by atoms with Gasteiger partial charge in [-0.15, -0.1) is 0 Å². The summed E-state index contributed by atoms with van der Waals surface area (Å²) in [4.78, 5) is 11.7. The molecule has 1 fully saturated rings. The van der Waals surface area contributed by atoms with E-state index < -0.39 is 0 Å². The fraction of sp³-hybridized carbons (Fsp3) is 0.429. The minimum atomic E-state index is 0.293. The molecule has 2 aromatic carbocycles. The van der Waals surface area contributed by atoms with Gasteiger partial charge in [-0.25, -0.2) is 9.97 Å². The van der Waals surface area contributed by atoms with Gasteiger partial charge in [-0.1, -0.05) is 44.2 Å². The molecule has 2 atom stereocenters. The molecule has 0 radical (unpaired) electrons. The highest BCUT2D eigenvalue weighted by Gasteiger charge is 2.22. The van der Waals surface area contributed by atoms with Crippen LogP contribution in [-0.4, -0.2) is 51.7 Å². The zero-order valence-corrected chi connectivity index (χ0v) is 20.8. The molecular weight excluding hydrogens is 422 g/mol. The summed E-state index contributed by atoms with van der Waals surface area (Å²) in [6, 6.07) is 17.5. The van der Waals surface area contributed by atoms with Crippen LogP contribution in [0.2, 0.25) is 0 Å². The average Bonchev–Trinajstić information content (AvgIpc) is 2.83. The number of phenols is 1.